The standard InChI is InChI=1S/C10H8N2.C2H6O/c1-3-7-11-9(5-1)10-6-2-4-8-12-10;1-2-3/h1-8H;3H,2H2,1H3. The summed E-state index contributed by atoms with van der Waals surface area (Å²) in [6.07, 6.45) is 3.54. The highest BCUT2D eigenvalue weighted by Gasteiger charge is 1.95. The normalized spacial score (nSPS) is 8.93. The van der Waals surface area contributed by atoms with Crippen molar-refractivity contribution in [2.45, 2.75) is 6.92 Å². The Morgan fingerprint density at radius 1 is 0.933 bits per heavy atom. The van der Waals surface area contributed by atoms with E-state index in [0.717, 1.165) is 11.4 Å². The Balaban J connectivity index is 0.000000337. The number of rotatable bonds is 1. The third-order valence-corrected chi connectivity index (χ3v) is 1.59. The van der Waals surface area contributed by atoms with Crippen molar-refractivity contribution < 1.29 is 5.11 Å². The fourth-order valence-corrected chi connectivity index (χ4v) is 1.03. The summed E-state index contributed by atoms with van der Waals surface area (Å²) in [5.74, 6) is 0. The van der Waals surface area contributed by atoms with Crippen molar-refractivity contribution in [2.75, 3.05) is 6.61 Å². The summed E-state index contributed by atoms with van der Waals surface area (Å²) >= 11 is 0. The highest BCUT2D eigenvalue weighted by atomic mass is 16.2. The van der Waals surface area contributed by atoms with Crippen molar-refractivity contribution in [3.05, 3.63) is 48.8 Å². The molecule has 0 radical (unpaired) electrons. The van der Waals surface area contributed by atoms with E-state index < -0.39 is 0 Å². The van der Waals surface area contributed by atoms with E-state index in [-0.39, 0.29) is 6.61 Å². The molecule has 1 N–H and O–H groups in total. The van der Waals surface area contributed by atoms with Crippen LogP contribution in [0.5, 0.6) is 0 Å². The first-order valence-electron chi connectivity index (χ1n) is 4.81. The summed E-state index contributed by atoms with van der Waals surface area (Å²) < 4.78 is 0. The highest BCUT2D eigenvalue weighted by molar-refractivity contribution is 5.52. The summed E-state index contributed by atoms with van der Waals surface area (Å²) in [4.78, 5) is 8.37. The van der Waals surface area contributed by atoms with E-state index in [0.29, 0.717) is 0 Å². The maximum absolute atomic E-state index is 7.57. The van der Waals surface area contributed by atoms with Crippen LogP contribution < -0.4 is 0 Å². The van der Waals surface area contributed by atoms with Crippen molar-refractivity contribution in [3.63, 3.8) is 0 Å². The Kier molecular flexibility index (Phi) is 5.04. The minimum Gasteiger partial charge on any atom is -0.397 e. The van der Waals surface area contributed by atoms with Gasteiger partial charge < -0.3 is 5.11 Å². The van der Waals surface area contributed by atoms with Crippen LogP contribution in [-0.2, 0) is 0 Å². The molecule has 0 saturated heterocycles. The smallest absolute Gasteiger partial charge is 0.0886 e. The minimum atomic E-state index is 0.250. The zero-order chi connectivity index (χ0) is 10.9. The van der Waals surface area contributed by atoms with Gasteiger partial charge in [-0.25, -0.2) is 0 Å². The number of aliphatic hydroxyl groups excluding tert-OH is 1. The predicted octanol–water partition coefficient (Wildman–Crippen LogP) is 2.14. The molecular formula is C12H14N2O. The number of hydrogen-bond acceptors (Lipinski definition) is 3. The molecule has 2 heterocycles. The van der Waals surface area contributed by atoms with Gasteiger partial charge >= 0.3 is 0 Å². The van der Waals surface area contributed by atoms with Gasteiger partial charge in [-0.3, -0.25) is 9.97 Å². The third-order valence-electron chi connectivity index (χ3n) is 1.59. The number of pyridine rings is 2. The SMILES string of the molecule is CCO.c1ccc(-c2ccccn2)nc1. The average molecular weight is 202 g/mol. The fourth-order valence-electron chi connectivity index (χ4n) is 1.03. The van der Waals surface area contributed by atoms with Crippen LogP contribution in [0.15, 0.2) is 48.8 Å². The molecule has 2 aromatic rings. The molecule has 0 aliphatic carbocycles. The van der Waals surface area contributed by atoms with E-state index in [1.807, 2.05) is 36.4 Å². The predicted molar refractivity (Wildman–Crippen MR) is 60.2 cm³/mol. The number of hydrogen-bond donors (Lipinski definition) is 1. The Morgan fingerprint density at radius 2 is 1.33 bits per heavy atom. The lowest BCUT2D eigenvalue weighted by Gasteiger charge is -1.96. The molecule has 0 spiro atoms. The van der Waals surface area contributed by atoms with Crippen LogP contribution in [0.25, 0.3) is 11.4 Å². The molecule has 0 unspecified atom stereocenters. The van der Waals surface area contributed by atoms with Gasteiger partial charge in [0.2, 0.25) is 0 Å². The zero-order valence-corrected chi connectivity index (χ0v) is 8.67. The lowest BCUT2D eigenvalue weighted by molar-refractivity contribution is 0.318. The zero-order valence-electron chi connectivity index (χ0n) is 8.67. The molecule has 0 amide bonds. The van der Waals surface area contributed by atoms with Crippen LogP contribution in [-0.4, -0.2) is 21.7 Å². The first-order chi connectivity index (χ1) is 7.38. The largest absolute Gasteiger partial charge is 0.397 e. The summed E-state index contributed by atoms with van der Waals surface area (Å²) in [6.45, 7) is 1.93. The van der Waals surface area contributed by atoms with Crippen molar-refractivity contribution in [1.82, 2.24) is 9.97 Å². The van der Waals surface area contributed by atoms with E-state index in [1.54, 1.807) is 19.3 Å². The molecule has 0 bridgehead atoms. The third kappa shape index (κ3) is 3.87. The minimum absolute atomic E-state index is 0.250. The lowest BCUT2D eigenvalue weighted by Crippen LogP contribution is -1.83. The number of aliphatic hydroxyl groups is 1. The quantitative estimate of drug-likeness (QED) is 0.770. The number of nitrogens with zero attached hydrogens (tertiary/aromatic N) is 2. The van der Waals surface area contributed by atoms with Gasteiger partial charge in [-0.05, 0) is 31.2 Å². The van der Waals surface area contributed by atoms with Gasteiger partial charge in [0, 0.05) is 19.0 Å². The number of aromatic nitrogens is 2. The Hall–Kier alpha value is -1.74. The van der Waals surface area contributed by atoms with Gasteiger partial charge in [0.25, 0.3) is 0 Å². The van der Waals surface area contributed by atoms with Crippen molar-refractivity contribution in [1.29, 1.82) is 0 Å². The molecule has 0 aliphatic rings. The van der Waals surface area contributed by atoms with Crippen LogP contribution in [0.3, 0.4) is 0 Å². The van der Waals surface area contributed by atoms with E-state index in [2.05, 4.69) is 9.97 Å². The fraction of sp³-hybridized carbons (Fsp3) is 0.167. The second-order valence-electron chi connectivity index (χ2n) is 2.75. The van der Waals surface area contributed by atoms with Crippen molar-refractivity contribution in [3.8, 4) is 11.4 Å². The second-order valence-corrected chi connectivity index (χ2v) is 2.75. The van der Waals surface area contributed by atoms with Crippen LogP contribution >= 0.6 is 0 Å². The van der Waals surface area contributed by atoms with E-state index in [4.69, 9.17) is 5.11 Å². The van der Waals surface area contributed by atoms with Crippen LogP contribution in [0.2, 0.25) is 0 Å². The highest BCUT2D eigenvalue weighted by Crippen LogP contribution is 2.10. The molecular weight excluding hydrogens is 188 g/mol. The Bertz CT molecular complexity index is 324. The first kappa shape index (κ1) is 11.3. The average Bonchev–Trinajstić information content (AvgIpc) is 2.32. The molecule has 0 saturated carbocycles. The molecule has 15 heavy (non-hydrogen) atoms. The molecule has 0 aliphatic heterocycles. The van der Waals surface area contributed by atoms with Gasteiger partial charge in [-0.15, -0.1) is 0 Å². The maximum Gasteiger partial charge on any atom is 0.0886 e. The molecule has 78 valence electrons. The van der Waals surface area contributed by atoms with Crippen molar-refractivity contribution in [2.24, 2.45) is 0 Å². The Morgan fingerprint density at radius 3 is 1.60 bits per heavy atom. The second kappa shape index (κ2) is 6.68. The van der Waals surface area contributed by atoms with E-state index in [9.17, 15) is 0 Å². The van der Waals surface area contributed by atoms with Crippen molar-refractivity contribution >= 4 is 0 Å². The molecule has 3 nitrogen and oxygen atoms in total. The van der Waals surface area contributed by atoms with E-state index in [1.165, 1.54) is 0 Å². The summed E-state index contributed by atoms with van der Waals surface area (Å²) in [5.41, 5.74) is 1.83. The van der Waals surface area contributed by atoms with Gasteiger partial charge in [0.05, 0.1) is 11.4 Å². The molecule has 0 atom stereocenters. The molecule has 0 fully saturated rings. The summed E-state index contributed by atoms with van der Waals surface area (Å²) in [7, 11) is 0. The summed E-state index contributed by atoms with van der Waals surface area (Å²) in [5, 5.41) is 7.57. The maximum atomic E-state index is 7.57. The monoisotopic (exact) mass is 202 g/mol. The molecule has 0 aromatic carbocycles. The van der Waals surface area contributed by atoms with Crippen LogP contribution in [0, 0.1) is 0 Å². The Labute approximate surface area is 89.5 Å². The lowest BCUT2D eigenvalue weighted by atomic mass is 10.2. The summed E-state index contributed by atoms with van der Waals surface area (Å²) in [6, 6.07) is 11.6. The van der Waals surface area contributed by atoms with E-state index >= 15 is 0 Å². The first-order valence-corrected chi connectivity index (χ1v) is 4.81. The van der Waals surface area contributed by atoms with Gasteiger partial charge in [0.15, 0.2) is 0 Å². The molecule has 2 aromatic heterocycles. The molecule has 3 heteroatoms. The van der Waals surface area contributed by atoms with Gasteiger partial charge in [-0.2, -0.15) is 0 Å². The van der Waals surface area contributed by atoms with Crippen LogP contribution in [0.4, 0.5) is 0 Å². The van der Waals surface area contributed by atoms with Gasteiger partial charge in [0.1, 0.15) is 0 Å². The van der Waals surface area contributed by atoms with Gasteiger partial charge in [-0.1, -0.05) is 12.1 Å². The van der Waals surface area contributed by atoms with Crippen LogP contribution in [0.1, 0.15) is 6.92 Å². The topological polar surface area (TPSA) is 46.0 Å². The molecule has 2 rings (SSSR count).